The third-order valence-electron chi connectivity index (χ3n) is 3.44. The molecule has 2 N–H and O–H groups in total. The normalized spacial score (nSPS) is 17.7. The highest BCUT2D eigenvalue weighted by atomic mass is 35.5. The van der Waals surface area contributed by atoms with Crippen molar-refractivity contribution in [2.75, 3.05) is 31.5 Å². The van der Waals surface area contributed by atoms with E-state index in [1.807, 2.05) is 19.1 Å². The fourth-order valence-electron chi connectivity index (χ4n) is 2.34. The van der Waals surface area contributed by atoms with Crippen LogP contribution in [-0.4, -0.2) is 42.3 Å². The number of aryl methyl sites for hydroxylation is 1. The number of anilines is 1. The van der Waals surface area contributed by atoms with Gasteiger partial charge in [-0.15, -0.1) is 0 Å². The molecule has 1 atom stereocenters. The molecule has 0 aliphatic carbocycles. The van der Waals surface area contributed by atoms with Crippen molar-refractivity contribution in [3.8, 4) is 0 Å². The second-order valence-electron chi connectivity index (χ2n) is 5.12. The van der Waals surface area contributed by atoms with Gasteiger partial charge in [-0.05, 0) is 50.6 Å². The van der Waals surface area contributed by atoms with Crippen LogP contribution in [0.25, 0.3) is 0 Å². The van der Waals surface area contributed by atoms with Crippen molar-refractivity contribution < 1.29 is 5.11 Å². The summed E-state index contributed by atoms with van der Waals surface area (Å²) in [5.74, 6) is 0. The molecule has 1 aromatic rings. The van der Waals surface area contributed by atoms with E-state index in [9.17, 15) is 5.11 Å². The van der Waals surface area contributed by atoms with Crippen LogP contribution in [0, 0.1) is 6.92 Å². The van der Waals surface area contributed by atoms with Gasteiger partial charge in [0.05, 0.1) is 16.8 Å². The number of benzene rings is 1. The molecule has 0 radical (unpaired) electrons. The quantitative estimate of drug-likeness (QED) is 0.877. The highest BCUT2D eigenvalue weighted by Crippen LogP contribution is 2.28. The van der Waals surface area contributed by atoms with Gasteiger partial charge in [-0.25, -0.2) is 0 Å². The summed E-state index contributed by atoms with van der Waals surface area (Å²) in [6, 6.07) is 3.64. The molecule has 1 aromatic carbocycles. The van der Waals surface area contributed by atoms with E-state index in [2.05, 4.69) is 10.2 Å². The van der Waals surface area contributed by atoms with Crippen LogP contribution in [0.5, 0.6) is 0 Å². The minimum atomic E-state index is -0.394. The van der Waals surface area contributed by atoms with Gasteiger partial charge in [0.1, 0.15) is 0 Å². The Bertz CT molecular complexity index is 434. The number of rotatable bonds is 5. The summed E-state index contributed by atoms with van der Waals surface area (Å²) < 4.78 is 0. The summed E-state index contributed by atoms with van der Waals surface area (Å²) in [6.45, 7) is 5.29. The van der Waals surface area contributed by atoms with Crippen molar-refractivity contribution in [2.24, 2.45) is 0 Å². The van der Waals surface area contributed by atoms with Gasteiger partial charge in [0.25, 0.3) is 0 Å². The number of β-amino-alcohol motifs (C(OH)–C–C–N with tert-alkyl or cyclic N) is 1. The Morgan fingerprint density at radius 2 is 1.95 bits per heavy atom. The Kier molecular flexibility index (Phi) is 5.34. The van der Waals surface area contributed by atoms with Crippen molar-refractivity contribution in [1.29, 1.82) is 0 Å². The molecule has 1 unspecified atom stereocenters. The molecule has 1 saturated heterocycles. The third-order valence-corrected chi connectivity index (χ3v) is 4.16. The second-order valence-corrected chi connectivity index (χ2v) is 5.94. The molecule has 1 fully saturated rings. The highest BCUT2D eigenvalue weighted by Gasteiger charge is 2.15. The minimum Gasteiger partial charge on any atom is -0.390 e. The first-order valence-electron chi connectivity index (χ1n) is 6.66. The molecule has 0 amide bonds. The Balaban J connectivity index is 1.85. The van der Waals surface area contributed by atoms with E-state index in [1.54, 1.807) is 0 Å². The maximum Gasteiger partial charge on any atom is 0.0839 e. The van der Waals surface area contributed by atoms with Crippen LogP contribution in [0.3, 0.4) is 0 Å². The number of nitrogens with zero attached hydrogens (tertiary/aromatic N) is 1. The molecule has 0 spiro atoms. The van der Waals surface area contributed by atoms with E-state index in [0.717, 1.165) is 24.3 Å². The van der Waals surface area contributed by atoms with Crippen LogP contribution in [0.1, 0.15) is 18.4 Å². The molecular weight excluding hydrogens is 283 g/mol. The van der Waals surface area contributed by atoms with Crippen LogP contribution in [-0.2, 0) is 0 Å². The Morgan fingerprint density at radius 3 is 2.63 bits per heavy atom. The summed E-state index contributed by atoms with van der Waals surface area (Å²) in [5, 5.41) is 14.5. The number of hydrogen-bond acceptors (Lipinski definition) is 3. The van der Waals surface area contributed by atoms with Crippen molar-refractivity contribution in [3.05, 3.63) is 27.7 Å². The van der Waals surface area contributed by atoms with Gasteiger partial charge in [-0.1, -0.05) is 23.2 Å². The summed E-state index contributed by atoms with van der Waals surface area (Å²) >= 11 is 12.2. The maximum absolute atomic E-state index is 10.0. The summed E-state index contributed by atoms with van der Waals surface area (Å²) in [6.07, 6.45) is 2.08. The van der Waals surface area contributed by atoms with Gasteiger partial charge in [-0.3, -0.25) is 0 Å². The molecule has 1 heterocycles. The lowest BCUT2D eigenvalue weighted by atomic mass is 10.2. The van der Waals surface area contributed by atoms with Crippen LogP contribution in [0.2, 0.25) is 10.0 Å². The number of aliphatic hydroxyl groups is 1. The predicted octanol–water partition coefficient (Wildman–Crippen LogP) is 3.17. The third kappa shape index (κ3) is 4.25. The minimum absolute atomic E-state index is 0.394. The van der Waals surface area contributed by atoms with Crippen LogP contribution in [0.4, 0.5) is 5.69 Å². The van der Waals surface area contributed by atoms with Gasteiger partial charge in [-0.2, -0.15) is 0 Å². The molecule has 1 aliphatic heterocycles. The maximum atomic E-state index is 10.0. The standard InChI is InChI=1S/C14H20Cl2N2O/c1-10-6-13(16)14(7-12(10)15)17-8-11(19)9-18-4-2-3-5-18/h6-7,11,17,19H,2-5,8-9H2,1H3. The number of aliphatic hydroxyl groups excluding tert-OH is 1. The zero-order valence-electron chi connectivity index (χ0n) is 11.1. The smallest absolute Gasteiger partial charge is 0.0839 e. The van der Waals surface area contributed by atoms with E-state index >= 15 is 0 Å². The van der Waals surface area contributed by atoms with Crippen molar-refractivity contribution in [1.82, 2.24) is 4.90 Å². The van der Waals surface area contributed by atoms with Gasteiger partial charge in [0.2, 0.25) is 0 Å². The molecule has 1 aliphatic rings. The fraction of sp³-hybridized carbons (Fsp3) is 0.571. The molecule has 106 valence electrons. The van der Waals surface area contributed by atoms with Crippen molar-refractivity contribution in [2.45, 2.75) is 25.9 Å². The van der Waals surface area contributed by atoms with E-state index in [-0.39, 0.29) is 0 Å². The van der Waals surface area contributed by atoms with E-state index in [1.165, 1.54) is 12.8 Å². The zero-order valence-corrected chi connectivity index (χ0v) is 12.6. The average molecular weight is 303 g/mol. The predicted molar refractivity (Wildman–Crippen MR) is 81.4 cm³/mol. The largest absolute Gasteiger partial charge is 0.390 e. The molecule has 5 heteroatoms. The number of halogens is 2. The van der Waals surface area contributed by atoms with E-state index < -0.39 is 6.10 Å². The zero-order chi connectivity index (χ0) is 13.8. The average Bonchev–Trinajstić information content (AvgIpc) is 2.85. The van der Waals surface area contributed by atoms with Gasteiger partial charge in [0, 0.05) is 18.1 Å². The molecule has 0 bridgehead atoms. The van der Waals surface area contributed by atoms with E-state index in [4.69, 9.17) is 23.2 Å². The summed E-state index contributed by atoms with van der Waals surface area (Å²) in [7, 11) is 0. The first-order chi connectivity index (χ1) is 9.06. The topological polar surface area (TPSA) is 35.5 Å². The Labute approximate surface area is 124 Å². The first kappa shape index (κ1) is 14.9. The lowest BCUT2D eigenvalue weighted by Gasteiger charge is -2.20. The van der Waals surface area contributed by atoms with Crippen LogP contribution >= 0.6 is 23.2 Å². The summed E-state index contributed by atoms with van der Waals surface area (Å²) in [5.41, 5.74) is 1.73. The van der Waals surface area contributed by atoms with E-state index in [0.29, 0.717) is 23.1 Å². The van der Waals surface area contributed by atoms with Gasteiger partial charge in [0.15, 0.2) is 0 Å². The fourth-order valence-corrected chi connectivity index (χ4v) is 2.79. The molecule has 19 heavy (non-hydrogen) atoms. The van der Waals surface area contributed by atoms with Crippen molar-refractivity contribution >= 4 is 28.9 Å². The molecule has 2 rings (SSSR count). The van der Waals surface area contributed by atoms with Crippen molar-refractivity contribution in [3.63, 3.8) is 0 Å². The van der Waals surface area contributed by atoms with Gasteiger partial charge >= 0.3 is 0 Å². The number of hydrogen-bond donors (Lipinski definition) is 2. The number of nitrogens with one attached hydrogen (secondary N) is 1. The monoisotopic (exact) mass is 302 g/mol. The molecule has 0 saturated carbocycles. The first-order valence-corrected chi connectivity index (χ1v) is 7.42. The van der Waals surface area contributed by atoms with Crippen LogP contribution < -0.4 is 5.32 Å². The molecular formula is C14H20Cl2N2O. The molecule has 0 aromatic heterocycles. The van der Waals surface area contributed by atoms with Gasteiger partial charge < -0.3 is 15.3 Å². The molecule has 3 nitrogen and oxygen atoms in total. The summed E-state index contributed by atoms with van der Waals surface area (Å²) in [4.78, 5) is 2.29. The Hall–Kier alpha value is -0.480. The number of likely N-dealkylation sites (tertiary alicyclic amines) is 1. The Morgan fingerprint density at radius 1 is 1.26 bits per heavy atom. The van der Waals surface area contributed by atoms with Crippen LogP contribution in [0.15, 0.2) is 12.1 Å². The second kappa shape index (κ2) is 6.80. The lowest BCUT2D eigenvalue weighted by Crippen LogP contribution is -2.34. The lowest BCUT2D eigenvalue weighted by molar-refractivity contribution is 0.135. The highest BCUT2D eigenvalue weighted by molar-refractivity contribution is 6.35. The SMILES string of the molecule is Cc1cc(Cl)c(NCC(O)CN2CCCC2)cc1Cl.